The summed E-state index contributed by atoms with van der Waals surface area (Å²) < 4.78 is 0. The second-order valence-electron chi connectivity index (χ2n) is 0.455. The van der Waals surface area contributed by atoms with Crippen LogP contribution >= 0.6 is 0 Å². The largest absolute Gasteiger partial charge is 0.397 e. The van der Waals surface area contributed by atoms with E-state index in [0.717, 1.165) is 0 Å². The van der Waals surface area contributed by atoms with Gasteiger partial charge in [0.05, 0.1) is 6.20 Å². The molecule has 2 N–H and O–H groups in total. The van der Waals surface area contributed by atoms with Crippen molar-refractivity contribution >= 4 is 0 Å². The molecule has 0 bridgehead atoms. The summed E-state index contributed by atoms with van der Waals surface area (Å²) in [5, 5.41) is 0. The van der Waals surface area contributed by atoms with Crippen LogP contribution in [-0.2, 0) is 0 Å². The van der Waals surface area contributed by atoms with Gasteiger partial charge in [0.2, 0.25) is 0 Å². The van der Waals surface area contributed by atoms with Gasteiger partial charge in [0, 0.05) is 0 Å². The van der Waals surface area contributed by atoms with E-state index in [0.29, 0.717) is 0 Å². The molecule has 23 valence electrons. The highest BCUT2D eigenvalue weighted by Crippen LogP contribution is 1.45. The van der Waals surface area contributed by atoms with Crippen LogP contribution in [0.15, 0.2) is 6.08 Å². The van der Waals surface area contributed by atoms with Crippen molar-refractivity contribution in [1.82, 2.24) is 0 Å². The first-order valence-corrected chi connectivity index (χ1v) is 1.15. The molecule has 0 aromatic carbocycles. The highest BCUT2D eigenvalue weighted by atomic mass is 14.5. The smallest absolute Gasteiger partial charge is 0.0501 e. The van der Waals surface area contributed by atoms with Crippen molar-refractivity contribution in [2.24, 2.45) is 5.73 Å². The molecule has 0 aliphatic rings. The molecule has 0 aromatic heterocycles. The van der Waals surface area contributed by atoms with Gasteiger partial charge in [-0.05, 0) is 6.92 Å². The molecule has 0 amide bonds. The zero-order valence-electron chi connectivity index (χ0n) is 2.65. The van der Waals surface area contributed by atoms with Gasteiger partial charge in [0.15, 0.2) is 0 Å². The monoisotopic (exact) mass is 56.1 g/mol. The molecule has 4 heavy (non-hydrogen) atoms. The molecule has 0 saturated heterocycles. The summed E-state index contributed by atoms with van der Waals surface area (Å²) >= 11 is 0. The summed E-state index contributed by atoms with van der Waals surface area (Å²) in [6, 6.07) is 0. The second kappa shape index (κ2) is 2.54. The van der Waals surface area contributed by atoms with E-state index < -0.39 is 0 Å². The van der Waals surface area contributed by atoms with E-state index in [2.05, 4.69) is 6.20 Å². The Labute approximate surface area is 26.1 Å². The Bertz CT molecular complexity index is 18.5. The third kappa shape index (κ3) is 1.54. The third-order valence-corrected chi connectivity index (χ3v) is 0.167. The van der Waals surface area contributed by atoms with Crippen LogP contribution in [0.4, 0.5) is 0 Å². The molecule has 0 saturated carbocycles. The summed E-state index contributed by atoms with van der Waals surface area (Å²) in [6.07, 6.45) is 3.96. The summed E-state index contributed by atoms with van der Waals surface area (Å²) in [5.41, 5.74) is 4.72. The van der Waals surface area contributed by atoms with Gasteiger partial charge >= 0.3 is 0 Å². The minimum Gasteiger partial charge on any atom is -0.397 e. The van der Waals surface area contributed by atoms with Crippen LogP contribution in [0.25, 0.3) is 0 Å². The first-order valence-electron chi connectivity index (χ1n) is 1.15. The van der Waals surface area contributed by atoms with Crippen LogP contribution in [0.1, 0.15) is 6.92 Å². The predicted octanol–water partition coefficient (Wildman–Crippen LogP) is 0.282. The Morgan fingerprint density at radius 3 is 2.25 bits per heavy atom. The lowest BCUT2D eigenvalue weighted by Crippen LogP contribution is -1.72. The average molecular weight is 56.1 g/mol. The molecular formula is C3H6N. The lowest BCUT2D eigenvalue weighted by molar-refractivity contribution is 1.48. The van der Waals surface area contributed by atoms with Crippen LogP contribution in [0.5, 0.6) is 0 Å². The first kappa shape index (κ1) is 3.54. The summed E-state index contributed by atoms with van der Waals surface area (Å²) in [6.45, 7) is 1.82. The Hall–Kier alpha value is -0.460. The molecule has 0 heterocycles. The fraction of sp³-hybridized carbons (Fsp3) is 0.333. The van der Waals surface area contributed by atoms with Crippen LogP contribution in [-0.4, -0.2) is 0 Å². The fourth-order valence-corrected chi connectivity index (χ4v) is 0. The molecular weight excluding hydrogens is 50.0 g/mol. The van der Waals surface area contributed by atoms with Crippen molar-refractivity contribution in [3.8, 4) is 0 Å². The van der Waals surface area contributed by atoms with Gasteiger partial charge in [-0.3, -0.25) is 0 Å². The summed E-state index contributed by atoms with van der Waals surface area (Å²) in [5.74, 6) is 0. The van der Waals surface area contributed by atoms with Crippen LogP contribution < -0.4 is 5.73 Å². The number of hydrogen-bond donors (Lipinski definition) is 1. The second-order valence-corrected chi connectivity index (χ2v) is 0.455. The molecule has 0 atom stereocenters. The zero-order chi connectivity index (χ0) is 3.41. The summed E-state index contributed by atoms with van der Waals surface area (Å²) in [7, 11) is 0. The fourth-order valence-electron chi connectivity index (χ4n) is 0. The molecule has 0 unspecified atom stereocenters. The number of rotatable bonds is 0. The highest BCUT2D eigenvalue weighted by molar-refractivity contribution is 4.56. The maximum atomic E-state index is 4.72. The van der Waals surface area contributed by atoms with E-state index in [1.165, 1.54) is 0 Å². The molecule has 0 aromatic rings. The standard InChI is InChI=1S/C3H6N/c1-2-3-4/h2H,4H2,1H3. The maximum Gasteiger partial charge on any atom is 0.0501 e. The zero-order valence-corrected chi connectivity index (χ0v) is 2.65. The number of hydrogen-bond acceptors (Lipinski definition) is 1. The van der Waals surface area contributed by atoms with Gasteiger partial charge in [-0.25, -0.2) is 0 Å². The normalized spacial score (nSPS) is 9.25. The molecule has 0 aliphatic carbocycles. The topological polar surface area (TPSA) is 26.0 Å². The molecule has 0 fully saturated rings. The van der Waals surface area contributed by atoms with Crippen molar-refractivity contribution in [3.05, 3.63) is 12.3 Å². The van der Waals surface area contributed by atoms with Crippen molar-refractivity contribution in [3.63, 3.8) is 0 Å². The van der Waals surface area contributed by atoms with Gasteiger partial charge in [-0.2, -0.15) is 0 Å². The third-order valence-electron chi connectivity index (χ3n) is 0.167. The van der Waals surface area contributed by atoms with Gasteiger partial charge in [0.1, 0.15) is 0 Å². The minimum absolute atomic E-state index is 1.65. The van der Waals surface area contributed by atoms with Gasteiger partial charge < -0.3 is 5.73 Å². The van der Waals surface area contributed by atoms with Gasteiger partial charge in [-0.1, -0.05) is 6.08 Å². The maximum absolute atomic E-state index is 4.72. The van der Waals surface area contributed by atoms with Crippen molar-refractivity contribution < 1.29 is 0 Å². The molecule has 0 aliphatic heterocycles. The SMILES string of the molecule is C/C=[C]\N. The molecule has 0 spiro atoms. The van der Waals surface area contributed by atoms with E-state index in [4.69, 9.17) is 5.73 Å². The van der Waals surface area contributed by atoms with E-state index in [1.807, 2.05) is 6.92 Å². The first-order chi connectivity index (χ1) is 1.91. The van der Waals surface area contributed by atoms with E-state index in [9.17, 15) is 0 Å². The average Bonchev–Trinajstić information content (AvgIpc) is 1.37. The van der Waals surface area contributed by atoms with E-state index >= 15 is 0 Å². The summed E-state index contributed by atoms with van der Waals surface area (Å²) in [4.78, 5) is 0. The van der Waals surface area contributed by atoms with Gasteiger partial charge in [-0.15, -0.1) is 0 Å². The minimum atomic E-state index is 1.65. The van der Waals surface area contributed by atoms with Crippen molar-refractivity contribution in [2.45, 2.75) is 6.92 Å². The lowest BCUT2D eigenvalue weighted by Gasteiger charge is -1.51. The Kier molecular flexibility index (Phi) is 2.25. The van der Waals surface area contributed by atoms with Crippen molar-refractivity contribution in [2.75, 3.05) is 0 Å². The van der Waals surface area contributed by atoms with Crippen LogP contribution in [0, 0.1) is 6.20 Å². The molecule has 0 rings (SSSR count). The van der Waals surface area contributed by atoms with E-state index in [-0.39, 0.29) is 0 Å². The van der Waals surface area contributed by atoms with Crippen molar-refractivity contribution in [1.29, 1.82) is 0 Å². The van der Waals surface area contributed by atoms with Crippen LogP contribution in [0.3, 0.4) is 0 Å². The number of allylic oxidation sites excluding steroid dienone is 1. The van der Waals surface area contributed by atoms with Gasteiger partial charge in [0.25, 0.3) is 0 Å². The highest BCUT2D eigenvalue weighted by Gasteiger charge is 1.35. The molecule has 1 heteroatoms. The molecule has 1 radical (unpaired) electrons. The molecule has 1 nitrogen and oxygen atoms in total. The Morgan fingerprint density at radius 2 is 2.25 bits per heavy atom. The Balaban J connectivity index is 2.55. The lowest BCUT2D eigenvalue weighted by atomic mass is 10.7. The number of nitrogens with two attached hydrogens (primary N) is 1. The Morgan fingerprint density at radius 1 is 2.00 bits per heavy atom. The van der Waals surface area contributed by atoms with E-state index in [1.54, 1.807) is 6.08 Å². The van der Waals surface area contributed by atoms with Crippen LogP contribution in [0.2, 0.25) is 0 Å². The quantitative estimate of drug-likeness (QED) is 0.396. The predicted molar refractivity (Wildman–Crippen MR) is 17.7 cm³/mol.